The molecule has 240 valence electrons. The van der Waals surface area contributed by atoms with E-state index in [4.69, 9.17) is 0 Å². The zero-order valence-corrected chi connectivity index (χ0v) is 28.7. The molecule has 0 unspecified atom stereocenters. The summed E-state index contributed by atoms with van der Waals surface area (Å²) in [5.41, 5.74) is 11.8. The third-order valence-electron chi connectivity index (χ3n) is 9.12. The molecule has 0 spiro atoms. The number of nitrogens with zero attached hydrogens (tertiary/aromatic N) is 2. The molecule has 0 radical (unpaired) electrons. The quantitative estimate of drug-likeness (QED) is 0.153. The second kappa shape index (κ2) is 13.7. The van der Waals surface area contributed by atoms with Gasteiger partial charge in [-0.15, -0.1) is 0 Å². The first-order valence-corrected chi connectivity index (χ1v) is 17.0. The van der Waals surface area contributed by atoms with Crippen LogP contribution in [-0.2, 0) is 5.41 Å². The Hall–Kier alpha value is -5.86. The maximum atomic E-state index is 2.35. The Morgan fingerprint density at radius 3 is 1.47 bits per heavy atom. The summed E-state index contributed by atoms with van der Waals surface area (Å²) in [5, 5.41) is 2.47. The van der Waals surface area contributed by atoms with Crippen molar-refractivity contribution in [3.05, 3.63) is 192 Å². The van der Waals surface area contributed by atoms with Crippen LogP contribution >= 0.6 is 0 Å². The fourth-order valence-corrected chi connectivity index (χ4v) is 6.35. The van der Waals surface area contributed by atoms with E-state index in [0.717, 1.165) is 39.6 Å². The lowest BCUT2D eigenvalue weighted by Crippen LogP contribution is -2.13. The molecule has 7 aromatic carbocycles. The van der Waals surface area contributed by atoms with E-state index in [-0.39, 0.29) is 5.41 Å². The second-order valence-electron chi connectivity index (χ2n) is 13.6. The third-order valence-corrected chi connectivity index (χ3v) is 9.12. The third kappa shape index (κ3) is 7.05. The Bertz CT molecular complexity index is 2190. The van der Waals surface area contributed by atoms with Crippen molar-refractivity contribution < 1.29 is 0 Å². The van der Waals surface area contributed by atoms with Gasteiger partial charge in [0.15, 0.2) is 0 Å². The van der Waals surface area contributed by atoms with Crippen molar-refractivity contribution in [3.8, 4) is 0 Å². The molecule has 0 saturated heterocycles. The summed E-state index contributed by atoms with van der Waals surface area (Å²) in [6.45, 7) is 8.95. The van der Waals surface area contributed by atoms with Crippen LogP contribution in [0.5, 0.6) is 0 Å². The molecule has 2 heteroatoms. The number of rotatable bonds is 8. The minimum Gasteiger partial charge on any atom is -0.310 e. The predicted octanol–water partition coefficient (Wildman–Crippen LogP) is 13.6. The van der Waals surface area contributed by atoms with Crippen molar-refractivity contribution >= 4 is 57.0 Å². The van der Waals surface area contributed by atoms with E-state index in [9.17, 15) is 0 Å². The van der Waals surface area contributed by atoms with Crippen LogP contribution in [0.4, 0.5) is 34.1 Å². The molecule has 0 heterocycles. The van der Waals surface area contributed by atoms with Gasteiger partial charge in [-0.1, -0.05) is 136 Å². The highest BCUT2D eigenvalue weighted by atomic mass is 15.1. The van der Waals surface area contributed by atoms with E-state index in [1.54, 1.807) is 0 Å². The first kappa shape index (κ1) is 31.7. The molecule has 0 aliphatic heterocycles. The normalized spacial score (nSPS) is 11.6. The maximum Gasteiger partial charge on any atom is 0.0490 e. The molecule has 0 amide bonds. The Morgan fingerprint density at radius 2 is 0.878 bits per heavy atom. The molecule has 0 atom stereocenters. The topological polar surface area (TPSA) is 6.48 Å². The molecule has 0 fully saturated rings. The van der Waals surface area contributed by atoms with Gasteiger partial charge in [0, 0.05) is 34.1 Å². The average molecular weight is 635 g/mol. The first-order valence-electron chi connectivity index (χ1n) is 17.0. The summed E-state index contributed by atoms with van der Waals surface area (Å²) in [4.78, 5) is 4.66. The summed E-state index contributed by atoms with van der Waals surface area (Å²) in [7, 11) is 0. The van der Waals surface area contributed by atoms with Crippen molar-refractivity contribution in [2.45, 2.75) is 33.1 Å². The summed E-state index contributed by atoms with van der Waals surface area (Å²) >= 11 is 0. The monoisotopic (exact) mass is 634 g/mol. The van der Waals surface area contributed by atoms with Crippen molar-refractivity contribution in [1.29, 1.82) is 0 Å². The highest BCUT2D eigenvalue weighted by molar-refractivity contribution is 5.89. The van der Waals surface area contributed by atoms with E-state index in [1.165, 1.54) is 27.6 Å². The molecule has 2 nitrogen and oxygen atoms in total. The van der Waals surface area contributed by atoms with Crippen LogP contribution in [0.15, 0.2) is 170 Å². The van der Waals surface area contributed by atoms with Crippen molar-refractivity contribution in [2.24, 2.45) is 0 Å². The van der Waals surface area contributed by atoms with Crippen LogP contribution in [0.3, 0.4) is 0 Å². The summed E-state index contributed by atoms with van der Waals surface area (Å²) < 4.78 is 0. The Labute approximate surface area is 291 Å². The molecule has 0 N–H and O–H groups in total. The number of para-hydroxylation sites is 2. The zero-order valence-electron chi connectivity index (χ0n) is 28.7. The van der Waals surface area contributed by atoms with E-state index in [1.807, 2.05) is 0 Å². The lowest BCUT2D eigenvalue weighted by atomic mass is 9.87. The SMILES string of the molecule is Cc1ccccc1N(c1ccc(C=Cc2ccc(N(c3ccccc3)c3ccc4ccccc4c3)cc2)cc1)c1ccc(C(C)(C)C)cc1. The Morgan fingerprint density at radius 1 is 0.408 bits per heavy atom. The highest BCUT2D eigenvalue weighted by Gasteiger charge is 2.17. The van der Waals surface area contributed by atoms with Gasteiger partial charge >= 0.3 is 0 Å². The molecule has 7 rings (SSSR count). The van der Waals surface area contributed by atoms with Gasteiger partial charge in [-0.25, -0.2) is 0 Å². The van der Waals surface area contributed by atoms with Crippen LogP contribution in [0.2, 0.25) is 0 Å². The van der Waals surface area contributed by atoms with E-state index in [0.29, 0.717) is 0 Å². The summed E-state index contributed by atoms with van der Waals surface area (Å²) in [6, 6.07) is 61.0. The Kier molecular flexibility index (Phi) is 8.87. The number of aryl methyl sites for hydroxylation is 1. The van der Waals surface area contributed by atoms with E-state index in [2.05, 4.69) is 220 Å². The number of anilines is 6. The average Bonchev–Trinajstić information content (AvgIpc) is 3.13. The van der Waals surface area contributed by atoms with Crippen LogP contribution in [0, 0.1) is 6.92 Å². The molecular weight excluding hydrogens is 593 g/mol. The van der Waals surface area contributed by atoms with Crippen molar-refractivity contribution in [1.82, 2.24) is 0 Å². The fraction of sp³-hybridized carbons (Fsp3) is 0.106. The van der Waals surface area contributed by atoms with Gasteiger partial charge in [-0.05, 0) is 112 Å². The van der Waals surface area contributed by atoms with Gasteiger partial charge in [-0.3, -0.25) is 0 Å². The van der Waals surface area contributed by atoms with Crippen LogP contribution in [0.25, 0.3) is 22.9 Å². The molecule has 0 aromatic heterocycles. The predicted molar refractivity (Wildman–Crippen MR) is 212 cm³/mol. The number of hydrogen-bond acceptors (Lipinski definition) is 2. The number of benzene rings is 7. The van der Waals surface area contributed by atoms with Gasteiger partial charge in [0.1, 0.15) is 0 Å². The van der Waals surface area contributed by atoms with Gasteiger partial charge in [0.25, 0.3) is 0 Å². The van der Waals surface area contributed by atoms with Gasteiger partial charge < -0.3 is 9.80 Å². The summed E-state index contributed by atoms with van der Waals surface area (Å²) in [6.07, 6.45) is 4.37. The van der Waals surface area contributed by atoms with Crippen molar-refractivity contribution in [3.63, 3.8) is 0 Å². The Balaban J connectivity index is 1.14. The minimum absolute atomic E-state index is 0.110. The highest BCUT2D eigenvalue weighted by Crippen LogP contribution is 2.38. The lowest BCUT2D eigenvalue weighted by Gasteiger charge is -2.28. The molecule has 0 bridgehead atoms. The molecular formula is C47H42N2. The smallest absolute Gasteiger partial charge is 0.0490 e. The largest absolute Gasteiger partial charge is 0.310 e. The molecule has 0 aliphatic carbocycles. The van der Waals surface area contributed by atoms with Crippen molar-refractivity contribution in [2.75, 3.05) is 9.80 Å². The minimum atomic E-state index is 0.110. The second-order valence-corrected chi connectivity index (χ2v) is 13.6. The number of fused-ring (bicyclic) bond motifs is 1. The van der Waals surface area contributed by atoms with Crippen LogP contribution < -0.4 is 9.80 Å². The van der Waals surface area contributed by atoms with Gasteiger partial charge in [0.05, 0.1) is 0 Å². The first-order chi connectivity index (χ1) is 23.8. The molecule has 7 aromatic rings. The van der Waals surface area contributed by atoms with Crippen LogP contribution in [0.1, 0.15) is 43.0 Å². The maximum absolute atomic E-state index is 2.35. The van der Waals surface area contributed by atoms with E-state index >= 15 is 0 Å². The standard InChI is InChI=1S/C47H42N2/c1-35-12-8-11-17-46(35)49(44-32-25-40(26-33-44)47(2,3)4)43-29-22-37(23-30-43)19-18-36-20-27-42(28-21-36)48(41-15-6-5-7-16-41)45-31-24-38-13-9-10-14-39(38)34-45/h5-34H,1-4H3. The van der Waals surface area contributed by atoms with Crippen LogP contribution in [-0.4, -0.2) is 0 Å². The molecule has 49 heavy (non-hydrogen) atoms. The lowest BCUT2D eigenvalue weighted by molar-refractivity contribution is 0.590. The zero-order chi connectivity index (χ0) is 33.8. The fourth-order valence-electron chi connectivity index (χ4n) is 6.35. The number of hydrogen-bond donors (Lipinski definition) is 0. The molecule has 0 aliphatic rings. The van der Waals surface area contributed by atoms with Gasteiger partial charge in [0.2, 0.25) is 0 Å². The van der Waals surface area contributed by atoms with E-state index < -0.39 is 0 Å². The molecule has 0 saturated carbocycles. The van der Waals surface area contributed by atoms with Gasteiger partial charge in [-0.2, -0.15) is 0 Å². The summed E-state index contributed by atoms with van der Waals surface area (Å²) in [5.74, 6) is 0.